The zero-order valence-corrected chi connectivity index (χ0v) is 15.3. The largest absolute Gasteiger partial charge is 0.508 e. The SMILES string of the molecule is CCCCC(CCC#N)COC(=O)OCC(CCC#N)CCCC. The summed E-state index contributed by atoms with van der Waals surface area (Å²) >= 11 is 0. The maximum absolute atomic E-state index is 11.8. The summed E-state index contributed by atoms with van der Waals surface area (Å²) in [6, 6.07) is 4.29. The molecule has 0 saturated carbocycles. The minimum Gasteiger partial charge on any atom is -0.434 e. The molecular formula is C19H32N2O3. The molecular weight excluding hydrogens is 304 g/mol. The highest BCUT2D eigenvalue weighted by molar-refractivity contribution is 5.59. The number of rotatable bonds is 14. The van der Waals surface area contributed by atoms with Gasteiger partial charge in [0.1, 0.15) is 0 Å². The summed E-state index contributed by atoms with van der Waals surface area (Å²) < 4.78 is 10.4. The number of carbonyl (C=O) groups excluding carboxylic acids is 1. The lowest BCUT2D eigenvalue weighted by atomic mass is 9.98. The van der Waals surface area contributed by atoms with Crippen LogP contribution in [0.1, 0.15) is 78.1 Å². The first kappa shape index (κ1) is 22.2. The molecule has 5 heteroatoms. The summed E-state index contributed by atoms with van der Waals surface area (Å²) in [4.78, 5) is 11.8. The fraction of sp³-hybridized carbons (Fsp3) is 0.842. The van der Waals surface area contributed by atoms with Gasteiger partial charge in [-0.15, -0.1) is 0 Å². The van der Waals surface area contributed by atoms with Crippen molar-refractivity contribution in [3.8, 4) is 12.1 Å². The first-order valence-corrected chi connectivity index (χ1v) is 9.21. The Morgan fingerprint density at radius 1 is 0.833 bits per heavy atom. The lowest BCUT2D eigenvalue weighted by molar-refractivity contribution is 0.0309. The second-order valence-corrected chi connectivity index (χ2v) is 6.28. The van der Waals surface area contributed by atoms with E-state index >= 15 is 0 Å². The summed E-state index contributed by atoms with van der Waals surface area (Å²) in [5.74, 6) is 0.457. The second-order valence-electron chi connectivity index (χ2n) is 6.28. The van der Waals surface area contributed by atoms with Gasteiger partial charge in [0, 0.05) is 12.8 Å². The average molecular weight is 336 g/mol. The standard InChI is InChI=1S/C19H32N2O3/c1-3-5-9-17(11-7-13-20)15-23-19(22)24-16-18(10-6-4-2)12-8-14-21/h17-18H,3-12,15-16H2,1-2H3. The van der Waals surface area contributed by atoms with Gasteiger partial charge < -0.3 is 9.47 Å². The Hall–Kier alpha value is -1.75. The Bertz CT molecular complexity index is 362. The van der Waals surface area contributed by atoms with Crippen LogP contribution in [0.4, 0.5) is 4.79 Å². The normalized spacial score (nSPS) is 12.7. The lowest BCUT2D eigenvalue weighted by Crippen LogP contribution is -2.19. The molecule has 0 amide bonds. The maximum atomic E-state index is 11.8. The molecule has 0 heterocycles. The van der Waals surface area contributed by atoms with Crippen LogP contribution in [0, 0.1) is 34.5 Å². The Labute approximate surface area is 146 Å². The molecule has 24 heavy (non-hydrogen) atoms. The average Bonchev–Trinajstić information content (AvgIpc) is 2.60. The van der Waals surface area contributed by atoms with Gasteiger partial charge in [-0.05, 0) is 37.5 Å². The lowest BCUT2D eigenvalue weighted by Gasteiger charge is -2.17. The van der Waals surface area contributed by atoms with Crippen molar-refractivity contribution in [3.05, 3.63) is 0 Å². The third-order valence-electron chi connectivity index (χ3n) is 4.13. The second kappa shape index (κ2) is 16.1. The van der Waals surface area contributed by atoms with Gasteiger partial charge in [0.25, 0.3) is 0 Å². The van der Waals surface area contributed by atoms with Gasteiger partial charge in [0.2, 0.25) is 0 Å². The van der Waals surface area contributed by atoms with Gasteiger partial charge in [-0.1, -0.05) is 39.5 Å². The van der Waals surface area contributed by atoms with Crippen molar-refractivity contribution >= 4 is 6.16 Å². The highest BCUT2D eigenvalue weighted by Gasteiger charge is 2.15. The van der Waals surface area contributed by atoms with Gasteiger partial charge in [-0.25, -0.2) is 4.79 Å². The molecule has 2 unspecified atom stereocenters. The Kier molecular flexibility index (Phi) is 14.9. The minimum absolute atomic E-state index is 0.228. The van der Waals surface area contributed by atoms with Crippen molar-refractivity contribution in [1.82, 2.24) is 0 Å². The molecule has 0 aliphatic carbocycles. The number of nitriles is 2. The van der Waals surface area contributed by atoms with E-state index in [1.54, 1.807) is 0 Å². The first-order valence-electron chi connectivity index (χ1n) is 9.21. The van der Waals surface area contributed by atoms with Crippen LogP contribution in [0.15, 0.2) is 0 Å². The van der Waals surface area contributed by atoms with Crippen molar-refractivity contribution in [2.24, 2.45) is 11.8 Å². The Balaban J connectivity index is 4.13. The summed E-state index contributed by atoms with van der Waals surface area (Å²) in [6.45, 7) is 4.87. The van der Waals surface area contributed by atoms with Gasteiger partial charge in [-0.3, -0.25) is 0 Å². The van der Waals surface area contributed by atoms with E-state index in [0.29, 0.717) is 26.1 Å². The number of nitrogens with zero attached hydrogens (tertiary/aromatic N) is 2. The predicted octanol–water partition coefficient (Wildman–Crippen LogP) is 5.36. The van der Waals surface area contributed by atoms with Gasteiger partial charge >= 0.3 is 6.16 Å². The molecule has 0 rings (SSSR count). The van der Waals surface area contributed by atoms with E-state index < -0.39 is 6.16 Å². The molecule has 0 aromatic carbocycles. The van der Waals surface area contributed by atoms with E-state index in [0.717, 1.165) is 51.4 Å². The van der Waals surface area contributed by atoms with Crippen LogP contribution in [0.3, 0.4) is 0 Å². The van der Waals surface area contributed by atoms with Gasteiger partial charge in [-0.2, -0.15) is 10.5 Å². The van der Waals surface area contributed by atoms with E-state index in [1.807, 2.05) is 0 Å². The molecule has 136 valence electrons. The number of carbonyl (C=O) groups is 1. The number of hydrogen-bond donors (Lipinski definition) is 0. The summed E-state index contributed by atoms with van der Waals surface area (Å²) in [6.07, 6.45) is 8.10. The molecule has 0 aromatic heterocycles. The summed E-state index contributed by atoms with van der Waals surface area (Å²) in [5, 5.41) is 17.4. The van der Waals surface area contributed by atoms with Crippen LogP contribution in [-0.4, -0.2) is 19.4 Å². The minimum atomic E-state index is -0.632. The highest BCUT2D eigenvalue weighted by Crippen LogP contribution is 2.17. The summed E-state index contributed by atoms with van der Waals surface area (Å²) in [7, 11) is 0. The van der Waals surface area contributed by atoms with E-state index in [9.17, 15) is 4.79 Å². The topological polar surface area (TPSA) is 83.1 Å². The predicted molar refractivity (Wildman–Crippen MR) is 93.0 cm³/mol. The van der Waals surface area contributed by atoms with Crippen molar-refractivity contribution in [2.75, 3.05) is 13.2 Å². The first-order chi connectivity index (χ1) is 11.7. The molecule has 0 spiro atoms. The van der Waals surface area contributed by atoms with Gasteiger partial charge in [0.15, 0.2) is 0 Å². The fourth-order valence-corrected chi connectivity index (χ4v) is 2.56. The van der Waals surface area contributed by atoms with E-state index in [2.05, 4.69) is 26.0 Å². The quantitative estimate of drug-likeness (QED) is 0.399. The van der Waals surface area contributed by atoms with Crippen LogP contribution < -0.4 is 0 Å². The van der Waals surface area contributed by atoms with Crippen molar-refractivity contribution in [2.45, 2.75) is 78.1 Å². The van der Waals surface area contributed by atoms with Gasteiger partial charge in [0.05, 0.1) is 25.4 Å². The molecule has 0 radical (unpaired) electrons. The number of hydrogen-bond acceptors (Lipinski definition) is 5. The van der Waals surface area contributed by atoms with Crippen LogP contribution >= 0.6 is 0 Å². The van der Waals surface area contributed by atoms with E-state index in [4.69, 9.17) is 20.0 Å². The van der Waals surface area contributed by atoms with Crippen LogP contribution in [0.2, 0.25) is 0 Å². The zero-order chi connectivity index (χ0) is 18.0. The summed E-state index contributed by atoms with van der Waals surface area (Å²) in [5.41, 5.74) is 0. The third kappa shape index (κ3) is 12.8. The maximum Gasteiger partial charge on any atom is 0.508 e. The molecule has 0 saturated heterocycles. The molecule has 0 aromatic rings. The van der Waals surface area contributed by atoms with E-state index in [-0.39, 0.29) is 11.8 Å². The molecule has 0 bridgehead atoms. The smallest absolute Gasteiger partial charge is 0.434 e. The number of unbranched alkanes of at least 4 members (excludes halogenated alkanes) is 2. The van der Waals surface area contributed by atoms with Crippen molar-refractivity contribution in [1.29, 1.82) is 10.5 Å². The molecule has 0 aliphatic rings. The van der Waals surface area contributed by atoms with E-state index in [1.165, 1.54) is 0 Å². The monoisotopic (exact) mass is 336 g/mol. The Morgan fingerprint density at radius 2 is 1.25 bits per heavy atom. The molecule has 0 aliphatic heterocycles. The molecule has 2 atom stereocenters. The molecule has 0 N–H and O–H groups in total. The van der Waals surface area contributed by atoms with Crippen molar-refractivity contribution in [3.63, 3.8) is 0 Å². The third-order valence-corrected chi connectivity index (χ3v) is 4.13. The molecule has 0 fully saturated rings. The van der Waals surface area contributed by atoms with Crippen LogP contribution in [-0.2, 0) is 9.47 Å². The fourth-order valence-electron chi connectivity index (χ4n) is 2.56. The number of ether oxygens (including phenoxy) is 2. The highest BCUT2D eigenvalue weighted by atomic mass is 16.7. The Morgan fingerprint density at radius 3 is 1.58 bits per heavy atom. The molecule has 5 nitrogen and oxygen atoms in total. The van der Waals surface area contributed by atoms with Crippen LogP contribution in [0.25, 0.3) is 0 Å². The zero-order valence-electron chi connectivity index (χ0n) is 15.3. The van der Waals surface area contributed by atoms with Crippen LogP contribution in [0.5, 0.6) is 0 Å². The van der Waals surface area contributed by atoms with Crippen molar-refractivity contribution < 1.29 is 14.3 Å².